The van der Waals surface area contributed by atoms with Crippen LogP contribution in [0.4, 0.5) is 0 Å². The molecule has 3 aromatic rings. The van der Waals surface area contributed by atoms with Gasteiger partial charge < -0.3 is 8.98 Å². The molecule has 2 heterocycles. The quantitative estimate of drug-likeness (QED) is 0.400. The Hall–Kier alpha value is -2.87. The molecule has 0 fully saturated rings. The molecule has 2 aromatic heterocycles. The predicted molar refractivity (Wildman–Crippen MR) is 96.3 cm³/mol. The van der Waals surface area contributed by atoms with E-state index in [1.54, 1.807) is 18.4 Å². The van der Waals surface area contributed by atoms with Crippen molar-refractivity contribution < 1.29 is 9.21 Å². The topological polar surface area (TPSA) is 85.3 Å². The molecule has 128 valence electrons. The zero-order valence-electron chi connectivity index (χ0n) is 13.6. The van der Waals surface area contributed by atoms with E-state index in [0.29, 0.717) is 10.9 Å². The van der Waals surface area contributed by atoms with Gasteiger partial charge in [-0.3, -0.25) is 4.79 Å². The number of amides is 1. The number of nitrogens with zero attached hydrogens (tertiary/aromatic N) is 4. The second kappa shape index (κ2) is 8.29. The monoisotopic (exact) mass is 355 g/mol. The maximum atomic E-state index is 11.9. The van der Waals surface area contributed by atoms with E-state index in [-0.39, 0.29) is 11.7 Å². The summed E-state index contributed by atoms with van der Waals surface area (Å²) in [7, 11) is 0. The Balaban J connectivity index is 1.59. The molecule has 8 heteroatoms. The van der Waals surface area contributed by atoms with Crippen LogP contribution in [0, 0.1) is 0 Å². The number of rotatable bonds is 7. The van der Waals surface area contributed by atoms with E-state index >= 15 is 0 Å². The summed E-state index contributed by atoms with van der Waals surface area (Å²) < 4.78 is 7.08. The summed E-state index contributed by atoms with van der Waals surface area (Å²) in [6.45, 7) is 2.74. The molecular formula is C17H17N5O2S. The van der Waals surface area contributed by atoms with Crippen molar-refractivity contribution >= 4 is 23.9 Å². The Morgan fingerprint density at radius 2 is 2.12 bits per heavy atom. The van der Waals surface area contributed by atoms with Gasteiger partial charge >= 0.3 is 0 Å². The lowest BCUT2D eigenvalue weighted by molar-refractivity contribution is -0.118. The normalized spacial score (nSPS) is 11.1. The molecule has 0 spiro atoms. The summed E-state index contributed by atoms with van der Waals surface area (Å²) in [6.07, 6.45) is 2.99. The van der Waals surface area contributed by atoms with Crippen molar-refractivity contribution in [2.75, 3.05) is 5.75 Å². The number of benzene rings is 1. The second-order valence-corrected chi connectivity index (χ2v) is 5.96. The Bertz CT molecular complexity index is 843. The molecule has 25 heavy (non-hydrogen) atoms. The highest BCUT2D eigenvalue weighted by molar-refractivity contribution is 7.99. The zero-order chi connectivity index (χ0) is 17.5. The van der Waals surface area contributed by atoms with Gasteiger partial charge in [-0.05, 0) is 19.1 Å². The predicted octanol–water partition coefficient (Wildman–Crippen LogP) is 2.80. The van der Waals surface area contributed by atoms with Gasteiger partial charge in [0.15, 0.2) is 11.0 Å². The lowest BCUT2D eigenvalue weighted by Gasteiger charge is -2.06. The molecule has 0 saturated heterocycles. The number of thioether (sulfide) groups is 1. The van der Waals surface area contributed by atoms with Gasteiger partial charge in [0, 0.05) is 12.1 Å². The third kappa shape index (κ3) is 4.36. The molecule has 0 atom stereocenters. The minimum absolute atomic E-state index is 0.197. The van der Waals surface area contributed by atoms with Crippen LogP contribution in [0.1, 0.15) is 12.7 Å². The Labute approximate surface area is 149 Å². The van der Waals surface area contributed by atoms with Crippen LogP contribution in [-0.2, 0) is 11.3 Å². The van der Waals surface area contributed by atoms with E-state index < -0.39 is 0 Å². The van der Waals surface area contributed by atoms with Gasteiger partial charge in [0.2, 0.25) is 0 Å². The number of hydrazone groups is 1. The molecule has 0 saturated carbocycles. The van der Waals surface area contributed by atoms with Crippen molar-refractivity contribution in [2.24, 2.45) is 5.10 Å². The first-order chi connectivity index (χ1) is 12.3. The van der Waals surface area contributed by atoms with Gasteiger partial charge in [-0.2, -0.15) is 5.10 Å². The second-order valence-electron chi connectivity index (χ2n) is 5.01. The fourth-order valence-electron chi connectivity index (χ4n) is 2.18. The molecule has 1 amide bonds. The zero-order valence-corrected chi connectivity index (χ0v) is 14.4. The first kappa shape index (κ1) is 17.0. The number of nitrogens with one attached hydrogen (secondary N) is 1. The van der Waals surface area contributed by atoms with Gasteiger partial charge in [-0.1, -0.05) is 42.1 Å². The number of furan rings is 1. The largest absolute Gasteiger partial charge is 0.463 e. The van der Waals surface area contributed by atoms with Gasteiger partial charge in [-0.15, -0.1) is 10.2 Å². The van der Waals surface area contributed by atoms with E-state index in [1.807, 2.05) is 41.8 Å². The van der Waals surface area contributed by atoms with E-state index in [1.165, 1.54) is 18.0 Å². The number of carbonyl (C=O) groups excluding carboxylic acids is 1. The summed E-state index contributed by atoms with van der Waals surface area (Å²) in [5.41, 5.74) is 3.46. The van der Waals surface area contributed by atoms with E-state index in [9.17, 15) is 4.79 Å². The highest BCUT2D eigenvalue weighted by atomic mass is 32.2. The van der Waals surface area contributed by atoms with Crippen LogP contribution in [-0.4, -0.2) is 32.6 Å². The van der Waals surface area contributed by atoms with Crippen molar-refractivity contribution in [2.45, 2.75) is 18.6 Å². The van der Waals surface area contributed by atoms with Crippen LogP contribution in [0.15, 0.2) is 63.4 Å². The molecule has 7 nitrogen and oxygen atoms in total. The number of hydrogen-bond donors (Lipinski definition) is 1. The minimum atomic E-state index is -0.222. The molecular weight excluding hydrogens is 338 g/mol. The van der Waals surface area contributed by atoms with Gasteiger partial charge in [0.1, 0.15) is 5.76 Å². The maximum absolute atomic E-state index is 11.9. The fourth-order valence-corrected chi connectivity index (χ4v) is 2.97. The van der Waals surface area contributed by atoms with E-state index in [4.69, 9.17) is 4.42 Å². The van der Waals surface area contributed by atoms with Crippen molar-refractivity contribution in [1.29, 1.82) is 0 Å². The Kier molecular flexibility index (Phi) is 5.63. The molecule has 0 aliphatic carbocycles. The smallest absolute Gasteiger partial charge is 0.250 e. The molecule has 0 radical (unpaired) electrons. The average Bonchev–Trinajstić information content (AvgIpc) is 3.30. The highest BCUT2D eigenvalue weighted by Gasteiger charge is 2.14. The SMILES string of the molecule is CCn1c(SCC(=O)N/N=C\c2ccco2)nnc1-c1ccccc1. The van der Waals surface area contributed by atoms with Crippen molar-refractivity contribution in [3.8, 4) is 11.4 Å². The molecule has 0 aliphatic rings. The average molecular weight is 355 g/mol. The third-order valence-corrected chi connectivity index (χ3v) is 4.29. The fraction of sp³-hybridized carbons (Fsp3) is 0.176. The van der Waals surface area contributed by atoms with Crippen molar-refractivity contribution in [3.63, 3.8) is 0 Å². The number of carbonyl (C=O) groups is 1. The van der Waals surface area contributed by atoms with Gasteiger partial charge in [-0.25, -0.2) is 5.43 Å². The van der Waals surface area contributed by atoms with Crippen LogP contribution in [0.25, 0.3) is 11.4 Å². The van der Waals surface area contributed by atoms with Gasteiger partial charge in [0.05, 0.1) is 18.2 Å². The van der Waals surface area contributed by atoms with Crippen LogP contribution >= 0.6 is 11.8 Å². The molecule has 0 aliphatic heterocycles. The standard InChI is InChI=1S/C17H17N5O2S/c1-2-22-16(13-7-4-3-5-8-13)20-21-17(22)25-12-15(23)19-18-11-14-9-6-10-24-14/h3-11H,2,12H2,1H3,(H,19,23)/b18-11-. The molecule has 1 aromatic carbocycles. The lowest BCUT2D eigenvalue weighted by Crippen LogP contribution is -2.20. The maximum Gasteiger partial charge on any atom is 0.250 e. The third-order valence-electron chi connectivity index (χ3n) is 3.32. The summed E-state index contributed by atoms with van der Waals surface area (Å²) >= 11 is 1.32. The van der Waals surface area contributed by atoms with E-state index in [0.717, 1.165) is 17.9 Å². The number of hydrogen-bond acceptors (Lipinski definition) is 6. The summed E-state index contributed by atoms with van der Waals surface area (Å²) in [5, 5.41) is 13.0. The van der Waals surface area contributed by atoms with Crippen molar-refractivity contribution in [1.82, 2.24) is 20.2 Å². The lowest BCUT2D eigenvalue weighted by atomic mass is 10.2. The molecule has 0 bridgehead atoms. The Morgan fingerprint density at radius 1 is 1.28 bits per heavy atom. The Morgan fingerprint density at radius 3 is 2.84 bits per heavy atom. The van der Waals surface area contributed by atoms with E-state index in [2.05, 4.69) is 20.7 Å². The van der Waals surface area contributed by atoms with Crippen LogP contribution in [0.5, 0.6) is 0 Å². The van der Waals surface area contributed by atoms with Crippen LogP contribution in [0.2, 0.25) is 0 Å². The highest BCUT2D eigenvalue weighted by Crippen LogP contribution is 2.23. The summed E-state index contributed by atoms with van der Waals surface area (Å²) in [4.78, 5) is 11.9. The first-order valence-electron chi connectivity index (χ1n) is 7.74. The number of aromatic nitrogens is 3. The summed E-state index contributed by atoms with van der Waals surface area (Å²) in [5.74, 6) is 1.34. The van der Waals surface area contributed by atoms with Crippen LogP contribution in [0.3, 0.4) is 0 Å². The minimum Gasteiger partial charge on any atom is -0.463 e. The summed E-state index contributed by atoms with van der Waals surface area (Å²) in [6, 6.07) is 13.4. The molecule has 3 rings (SSSR count). The molecule has 1 N–H and O–H groups in total. The first-order valence-corrected chi connectivity index (χ1v) is 8.73. The molecule has 0 unspecified atom stereocenters. The van der Waals surface area contributed by atoms with Crippen LogP contribution < -0.4 is 5.43 Å². The van der Waals surface area contributed by atoms with Gasteiger partial charge in [0.25, 0.3) is 5.91 Å². The van der Waals surface area contributed by atoms with Crippen molar-refractivity contribution in [3.05, 3.63) is 54.5 Å².